The van der Waals surface area contributed by atoms with Gasteiger partial charge in [-0.05, 0) is 41.3 Å². The van der Waals surface area contributed by atoms with Crippen LogP contribution in [-0.4, -0.2) is 9.97 Å². The van der Waals surface area contributed by atoms with Crippen molar-refractivity contribution in [1.29, 1.82) is 0 Å². The number of H-pyrrole nitrogens is 1. The van der Waals surface area contributed by atoms with E-state index in [1.165, 1.54) is 18.4 Å². The number of aromatic amines is 1. The van der Waals surface area contributed by atoms with E-state index in [0.717, 1.165) is 28.8 Å². The third-order valence-electron chi connectivity index (χ3n) is 4.27. The van der Waals surface area contributed by atoms with Gasteiger partial charge in [0.05, 0.1) is 9.89 Å². The molecule has 2 nitrogen and oxygen atoms in total. The topological polar surface area (TPSA) is 28.7 Å². The zero-order chi connectivity index (χ0) is 14.2. The Morgan fingerprint density at radius 2 is 1.85 bits per heavy atom. The summed E-state index contributed by atoms with van der Waals surface area (Å²) in [6, 6.07) is 10.7. The van der Waals surface area contributed by atoms with Crippen molar-refractivity contribution in [2.75, 3.05) is 0 Å². The van der Waals surface area contributed by atoms with Gasteiger partial charge in [-0.2, -0.15) is 0 Å². The Balaban J connectivity index is 2.20. The largest absolute Gasteiger partial charge is 0.346 e. The van der Waals surface area contributed by atoms with Crippen LogP contribution in [0.1, 0.15) is 42.8 Å². The lowest BCUT2D eigenvalue weighted by atomic mass is 9.78. The van der Waals surface area contributed by atoms with Crippen LogP contribution in [0.4, 0.5) is 0 Å². The molecule has 1 heterocycles. The summed E-state index contributed by atoms with van der Waals surface area (Å²) in [6.07, 6.45) is 4.76. The van der Waals surface area contributed by atoms with E-state index >= 15 is 0 Å². The van der Waals surface area contributed by atoms with Gasteiger partial charge in [-0.15, -0.1) is 0 Å². The van der Waals surface area contributed by atoms with E-state index in [9.17, 15) is 0 Å². The first-order chi connectivity index (χ1) is 9.63. The molecule has 0 saturated heterocycles. The molecule has 1 aromatic heterocycles. The Kier molecular flexibility index (Phi) is 3.78. The molecule has 0 atom stereocenters. The average Bonchev–Trinajstić information content (AvgIpc) is 2.96. The van der Waals surface area contributed by atoms with Crippen molar-refractivity contribution in [3.63, 3.8) is 0 Å². The van der Waals surface area contributed by atoms with Crippen LogP contribution in [0.5, 0.6) is 0 Å². The first-order valence-corrected chi connectivity index (χ1v) is 8.16. The van der Waals surface area contributed by atoms with E-state index in [2.05, 4.69) is 56.2 Å². The molecule has 0 radical (unpaired) electrons. The number of aryl methyl sites for hydroxylation is 1. The smallest absolute Gasteiger partial charge is 0.144 e. The second-order valence-electron chi connectivity index (χ2n) is 5.48. The number of aromatic nitrogens is 2. The summed E-state index contributed by atoms with van der Waals surface area (Å²) in [5.41, 5.74) is 2.40. The molecule has 1 aliphatic rings. The highest BCUT2D eigenvalue weighted by Crippen LogP contribution is 2.45. The lowest BCUT2D eigenvalue weighted by Crippen LogP contribution is -2.27. The molecular weight excluding hydrogens is 332 g/mol. The summed E-state index contributed by atoms with van der Waals surface area (Å²) in [6.45, 7) is 2.04. The van der Waals surface area contributed by atoms with E-state index in [1.54, 1.807) is 0 Å². The minimum atomic E-state index is 0.000278. The van der Waals surface area contributed by atoms with E-state index < -0.39 is 0 Å². The van der Waals surface area contributed by atoms with Crippen molar-refractivity contribution >= 4 is 28.1 Å². The van der Waals surface area contributed by atoms with Crippen LogP contribution in [0.3, 0.4) is 0 Å². The molecule has 1 aliphatic carbocycles. The zero-order valence-electron chi connectivity index (χ0n) is 11.4. The van der Waals surface area contributed by atoms with Gasteiger partial charge in [0.2, 0.25) is 0 Å². The molecule has 20 heavy (non-hydrogen) atoms. The highest BCUT2D eigenvalue weighted by atomic mass is 79.9. The summed E-state index contributed by atoms with van der Waals surface area (Å²) in [5.74, 6) is 1.02. The molecule has 2 aromatic rings. The number of benzene rings is 1. The highest BCUT2D eigenvalue weighted by Gasteiger charge is 2.39. The van der Waals surface area contributed by atoms with Gasteiger partial charge in [0.25, 0.3) is 0 Å². The van der Waals surface area contributed by atoms with Crippen LogP contribution in [0.25, 0.3) is 0 Å². The number of nitrogens with zero attached hydrogens (tertiary/aromatic N) is 1. The SMILES string of the molecule is Cc1[nH]c(C2(c3ccccc3)CCCC2)nc(=S)c1Br. The van der Waals surface area contributed by atoms with Crippen molar-refractivity contribution in [1.82, 2.24) is 9.97 Å². The average molecular weight is 349 g/mol. The van der Waals surface area contributed by atoms with Crippen LogP contribution < -0.4 is 0 Å². The van der Waals surface area contributed by atoms with Crippen molar-refractivity contribution in [2.45, 2.75) is 38.0 Å². The van der Waals surface area contributed by atoms with Gasteiger partial charge in [-0.1, -0.05) is 55.4 Å². The number of hydrogen-bond donors (Lipinski definition) is 1. The molecule has 104 valence electrons. The fraction of sp³-hybridized carbons (Fsp3) is 0.375. The van der Waals surface area contributed by atoms with Crippen molar-refractivity contribution in [2.24, 2.45) is 0 Å². The standard InChI is InChI=1S/C16H17BrN2S/c1-11-13(17)14(20)19-15(18-11)16(9-5-6-10-16)12-7-3-2-4-8-12/h2-4,7-8H,5-6,9-10H2,1H3,(H,18,19,20). The fourth-order valence-corrected chi connectivity index (χ4v) is 3.63. The van der Waals surface area contributed by atoms with Crippen LogP contribution >= 0.6 is 28.1 Å². The maximum atomic E-state index is 5.39. The molecule has 1 N–H and O–H groups in total. The number of rotatable bonds is 2. The third-order valence-corrected chi connectivity index (χ3v) is 5.80. The fourth-order valence-electron chi connectivity index (χ4n) is 3.20. The molecule has 0 bridgehead atoms. The molecule has 1 saturated carbocycles. The molecule has 0 aliphatic heterocycles. The van der Waals surface area contributed by atoms with E-state index in [1.807, 2.05) is 6.92 Å². The van der Waals surface area contributed by atoms with Gasteiger partial charge in [0, 0.05) is 5.69 Å². The minimum Gasteiger partial charge on any atom is -0.346 e. The van der Waals surface area contributed by atoms with Crippen LogP contribution in [0.2, 0.25) is 0 Å². The molecule has 1 aromatic carbocycles. The van der Waals surface area contributed by atoms with Gasteiger partial charge >= 0.3 is 0 Å². The number of hydrogen-bond acceptors (Lipinski definition) is 2. The van der Waals surface area contributed by atoms with E-state index in [4.69, 9.17) is 12.2 Å². The number of halogens is 1. The van der Waals surface area contributed by atoms with E-state index in [-0.39, 0.29) is 5.41 Å². The quantitative estimate of drug-likeness (QED) is 0.767. The van der Waals surface area contributed by atoms with Gasteiger partial charge in [-0.25, -0.2) is 4.98 Å². The van der Waals surface area contributed by atoms with Crippen LogP contribution in [0.15, 0.2) is 34.8 Å². The van der Waals surface area contributed by atoms with Crippen molar-refractivity contribution in [3.8, 4) is 0 Å². The molecule has 4 heteroatoms. The first-order valence-electron chi connectivity index (χ1n) is 6.96. The zero-order valence-corrected chi connectivity index (χ0v) is 13.9. The summed E-state index contributed by atoms with van der Waals surface area (Å²) >= 11 is 8.88. The Labute approximate surface area is 132 Å². The molecular formula is C16H17BrN2S. The predicted molar refractivity (Wildman–Crippen MR) is 87.5 cm³/mol. The first kappa shape index (κ1) is 14.0. The van der Waals surface area contributed by atoms with Crippen molar-refractivity contribution in [3.05, 3.63) is 56.5 Å². The second kappa shape index (κ2) is 5.41. The Bertz CT molecular complexity index is 673. The van der Waals surface area contributed by atoms with Gasteiger partial charge in [0.15, 0.2) is 0 Å². The van der Waals surface area contributed by atoms with Crippen LogP contribution in [0, 0.1) is 11.6 Å². The number of nitrogens with one attached hydrogen (secondary N) is 1. The van der Waals surface area contributed by atoms with Gasteiger partial charge < -0.3 is 4.98 Å². The van der Waals surface area contributed by atoms with Crippen LogP contribution in [-0.2, 0) is 5.41 Å². The minimum absolute atomic E-state index is 0.000278. The Hall–Kier alpha value is -1.00. The lowest BCUT2D eigenvalue weighted by molar-refractivity contribution is 0.496. The monoisotopic (exact) mass is 348 g/mol. The summed E-state index contributed by atoms with van der Waals surface area (Å²) in [7, 11) is 0. The van der Waals surface area contributed by atoms with Gasteiger partial charge in [-0.3, -0.25) is 0 Å². The maximum absolute atomic E-state index is 5.39. The van der Waals surface area contributed by atoms with E-state index in [0.29, 0.717) is 4.64 Å². The molecule has 3 rings (SSSR count). The predicted octanol–water partition coefficient (Wildman–Crippen LogP) is 5.07. The maximum Gasteiger partial charge on any atom is 0.144 e. The highest BCUT2D eigenvalue weighted by molar-refractivity contribution is 9.10. The molecule has 0 unspecified atom stereocenters. The summed E-state index contributed by atoms with van der Waals surface area (Å²) < 4.78 is 1.55. The lowest BCUT2D eigenvalue weighted by Gasteiger charge is -2.29. The normalized spacial score (nSPS) is 17.3. The molecule has 0 amide bonds. The summed E-state index contributed by atoms with van der Waals surface area (Å²) in [4.78, 5) is 8.15. The molecule has 1 fully saturated rings. The van der Waals surface area contributed by atoms with Gasteiger partial charge in [0.1, 0.15) is 10.5 Å². The second-order valence-corrected chi connectivity index (χ2v) is 6.66. The summed E-state index contributed by atoms with van der Waals surface area (Å²) in [5, 5.41) is 0. The van der Waals surface area contributed by atoms with Crippen molar-refractivity contribution < 1.29 is 0 Å². The Morgan fingerprint density at radius 1 is 1.20 bits per heavy atom. The Morgan fingerprint density at radius 3 is 2.45 bits per heavy atom. The third kappa shape index (κ3) is 2.25. The molecule has 0 spiro atoms.